The number of likely N-dealkylation sites (N-methyl/N-ethyl adjacent to an activating group) is 1. The summed E-state index contributed by atoms with van der Waals surface area (Å²) in [5.41, 5.74) is 2.90. The summed E-state index contributed by atoms with van der Waals surface area (Å²) in [6, 6.07) is 13.0. The summed E-state index contributed by atoms with van der Waals surface area (Å²) in [5, 5.41) is 9.84. The largest absolute Gasteiger partial charge is 0.487 e. The van der Waals surface area contributed by atoms with Gasteiger partial charge in [-0.25, -0.2) is 0 Å². The maximum absolute atomic E-state index is 14.0. The van der Waals surface area contributed by atoms with E-state index in [2.05, 4.69) is 20.9 Å². The lowest BCUT2D eigenvalue weighted by Crippen LogP contribution is -2.62. The Kier molecular flexibility index (Phi) is 10.1. The van der Waals surface area contributed by atoms with Crippen molar-refractivity contribution in [1.82, 2.24) is 25.8 Å². The van der Waals surface area contributed by atoms with E-state index < -0.39 is 30.1 Å². The van der Waals surface area contributed by atoms with Crippen LogP contribution in [0.5, 0.6) is 5.75 Å². The third-order valence-electron chi connectivity index (χ3n) is 8.03. The molecular formula is C33H43N5O4. The average molecular weight is 574 g/mol. The number of H-pyrrole nitrogens is 1. The van der Waals surface area contributed by atoms with Gasteiger partial charge in [0.1, 0.15) is 23.9 Å². The molecule has 42 heavy (non-hydrogen) atoms. The van der Waals surface area contributed by atoms with E-state index in [1.165, 1.54) is 0 Å². The number of nitrogens with zero attached hydrogens (tertiary/aromatic N) is 1. The standard InChI is InChI=1S/C33H43N5O4/c1-7-21(4)28-32(40)34-17-16-22-12-14-24(15-13-22)42-30(20(2)3)29(33(41)36-28)37-31(39)27(38(5)6)18-23-19-35-26-11-9-8-10-25(23)26/h8-17,19-21,27-30,35H,7,18H2,1-6H3,(H,34,40)(H,36,41)(H,37,39)/b17-16-/t21-,27-,28-,29-,30+/m0/s1. The molecule has 9 heteroatoms. The number of nitrogens with one attached hydrogen (secondary N) is 4. The van der Waals surface area contributed by atoms with Crippen molar-refractivity contribution in [3.05, 3.63) is 72.1 Å². The number of aromatic amines is 1. The van der Waals surface area contributed by atoms with Crippen molar-refractivity contribution in [3.63, 3.8) is 0 Å². The molecular weight excluding hydrogens is 530 g/mol. The topological polar surface area (TPSA) is 116 Å². The lowest BCUT2D eigenvalue weighted by molar-refractivity contribution is -0.136. The van der Waals surface area contributed by atoms with E-state index in [-0.39, 0.29) is 23.7 Å². The van der Waals surface area contributed by atoms with Crippen LogP contribution in [-0.2, 0) is 20.8 Å². The molecule has 0 radical (unpaired) electrons. The maximum Gasteiger partial charge on any atom is 0.247 e. The molecule has 0 saturated carbocycles. The summed E-state index contributed by atoms with van der Waals surface area (Å²) in [5.74, 6) is -0.787. The highest BCUT2D eigenvalue weighted by molar-refractivity contribution is 5.94. The molecule has 3 heterocycles. The zero-order valence-electron chi connectivity index (χ0n) is 25.3. The Morgan fingerprint density at radius 1 is 1.02 bits per heavy atom. The van der Waals surface area contributed by atoms with Crippen LogP contribution < -0.4 is 20.7 Å². The van der Waals surface area contributed by atoms with Gasteiger partial charge >= 0.3 is 0 Å². The predicted octanol–water partition coefficient (Wildman–Crippen LogP) is 3.86. The van der Waals surface area contributed by atoms with E-state index in [0.29, 0.717) is 18.6 Å². The van der Waals surface area contributed by atoms with Crippen LogP contribution in [0.3, 0.4) is 0 Å². The molecule has 224 valence electrons. The first-order valence-corrected chi connectivity index (χ1v) is 14.6. The molecule has 0 fully saturated rings. The fourth-order valence-electron chi connectivity index (χ4n) is 5.22. The van der Waals surface area contributed by atoms with E-state index in [4.69, 9.17) is 4.74 Å². The number of carbonyl (C=O) groups is 3. The van der Waals surface area contributed by atoms with Gasteiger partial charge in [-0.15, -0.1) is 0 Å². The fourth-order valence-corrected chi connectivity index (χ4v) is 5.22. The minimum atomic E-state index is -1.06. The normalized spacial score (nSPS) is 21.8. The first-order chi connectivity index (χ1) is 20.1. The monoisotopic (exact) mass is 573 g/mol. The molecule has 5 atom stereocenters. The van der Waals surface area contributed by atoms with Crippen LogP contribution in [0.2, 0.25) is 0 Å². The molecule has 9 nitrogen and oxygen atoms in total. The molecule has 2 aliphatic rings. The minimum absolute atomic E-state index is 0.139. The maximum atomic E-state index is 14.0. The highest BCUT2D eigenvalue weighted by atomic mass is 16.5. The molecule has 2 aliphatic heterocycles. The molecule has 1 aromatic heterocycles. The van der Waals surface area contributed by atoms with E-state index in [9.17, 15) is 14.4 Å². The van der Waals surface area contributed by atoms with Crippen molar-refractivity contribution in [1.29, 1.82) is 0 Å². The lowest BCUT2D eigenvalue weighted by Gasteiger charge is -2.34. The van der Waals surface area contributed by atoms with Gasteiger partial charge in [0, 0.05) is 23.3 Å². The number of para-hydroxylation sites is 1. The number of aromatic nitrogens is 1. The third-order valence-corrected chi connectivity index (χ3v) is 8.03. The minimum Gasteiger partial charge on any atom is -0.487 e. The van der Waals surface area contributed by atoms with Gasteiger partial charge in [-0.2, -0.15) is 0 Å². The highest BCUT2D eigenvalue weighted by Crippen LogP contribution is 2.23. The van der Waals surface area contributed by atoms with Gasteiger partial charge in [0.2, 0.25) is 17.7 Å². The van der Waals surface area contributed by atoms with Crippen molar-refractivity contribution in [2.75, 3.05) is 14.1 Å². The van der Waals surface area contributed by atoms with Gasteiger partial charge in [0.25, 0.3) is 0 Å². The van der Waals surface area contributed by atoms with Crippen LogP contribution >= 0.6 is 0 Å². The van der Waals surface area contributed by atoms with Gasteiger partial charge in [0.05, 0.1) is 6.04 Å². The Labute approximate surface area is 248 Å². The number of amides is 3. The first-order valence-electron chi connectivity index (χ1n) is 14.6. The third kappa shape index (κ3) is 7.20. The number of ether oxygens (including phenoxy) is 1. The number of hydrogen-bond acceptors (Lipinski definition) is 5. The van der Waals surface area contributed by atoms with Gasteiger partial charge < -0.3 is 25.7 Å². The van der Waals surface area contributed by atoms with Gasteiger partial charge in [-0.05, 0) is 67.8 Å². The van der Waals surface area contributed by atoms with Gasteiger partial charge in [0.15, 0.2) is 0 Å². The van der Waals surface area contributed by atoms with Crippen molar-refractivity contribution in [3.8, 4) is 5.75 Å². The number of benzene rings is 2. The average Bonchev–Trinajstić information content (AvgIpc) is 3.38. The number of fused-ring (bicyclic) bond motifs is 11. The predicted molar refractivity (Wildman–Crippen MR) is 166 cm³/mol. The summed E-state index contributed by atoms with van der Waals surface area (Å²) < 4.78 is 6.39. The van der Waals surface area contributed by atoms with Crippen LogP contribution in [0.25, 0.3) is 17.0 Å². The Hall–Kier alpha value is -4.11. The Balaban J connectivity index is 1.69. The van der Waals surface area contributed by atoms with E-state index in [0.717, 1.165) is 22.0 Å². The van der Waals surface area contributed by atoms with Crippen molar-refractivity contribution < 1.29 is 19.1 Å². The van der Waals surface area contributed by atoms with E-state index in [1.807, 2.05) is 101 Å². The number of rotatable bonds is 8. The quantitative estimate of drug-likeness (QED) is 0.327. The molecule has 3 aromatic rings. The molecule has 0 saturated heterocycles. The lowest BCUT2D eigenvalue weighted by atomic mass is 9.94. The summed E-state index contributed by atoms with van der Waals surface area (Å²) in [4.78, 5) is 46.3. The Morgan fingerprint density at radius 3 is 2.40 bits per heavy atom. The first kappa shape index (κ1) is 30.8. The summed E-state index contributed by atoms with van der Waals surface area (Å²) in [7, 11) is 3.70. The molecule has 0 aliphatic carbocycles. The van der Waals surface area contributed by atoms with Crippen molar-refractivity contribution in [2.45, 2.75) is 64.8 Å². The summed E-state index contributed by atoms with van der Waals surface area (Å²) in [6.45, 7) is 7.79. The summed E-state index contributed by atoms with van der Waals surface area (Å²) >= 11 is 0. The van der Waals surface area contributed by atoms with Crippen LogP contribution in [0, 0.1) is 11.8 Å². The molecule has 0 unspecified atom stereocenters. The molecule has 2 aromatic carbocycles. The highest BCUT2D eigenvalue weighted by Gasteiger charge is 2.38. The van der Waals surface area contributed by atoms with E-state index >= 15 is 0 Å². The zero-order valence-corrected chi connectivity index (χ0v) is 25.3. The summed E-state index contributed by atoms with van der Waals surface area (Å²) in [6.07, 6.45) is 5.72. The number of hydrogen-bond donors (Lipinski definition) is 4. The Bertz CT molecular complexity index is 1410. The molecule has 4 N–H and O–H groups in total. The van der Waals surface area contributed by atoms with Crippen LogP contribution in [0.1, 0.15) is 45.2 Å². The van der Waals surface area contributed by atoms with Gasteiger partial charge in [-0.3, -0.25) is 19.3 Å². The molecule has 0 spiro atoms. The Morgan fingerprint density at radius 2 is 1.74 bits per heavy atom. The molecule has 3 amide bonds. The van der Waals surface area contributed by atoms with Crippen molar-refractivity contribution in [2.24, 2.45) is 11.8 Å². The van der Waals surface area contributed by atoms with E-state index in [1.54, 1.807) is 12.3 Å². The number of carbonyl (C=O) groups excluding carboxylic acids is 3. The van der Waals surface area contributed by atoms with Gasteiger partial charge in [-0.1, -0.05) is 64.4 Å². The van der Waals surface area contributed by atoms with Crippen LogP contribution in [0.15, 0.2) is 60.9 Å². The van der Waals surface area contributed by atoms with Crippen molar-refractivity contribution >= 4 is 34.7 Å². The second-order valence-electron chi connectivity index (χ2n) is 11.6. The van der Waals surface area contributed by atoms with Crippen LogP contribution in [0.4, 0.5) is 0 Å². The van der Waals surface area contributed by atoms with Crippen LogP contribution in [-0.4, -0.2) is 65.9 Å². The SMILES string of the molecule is CC[C@H](C)[C@@H]1NC(=O)[C@@H](NC(=O)[C@H](Cc2c[nH]c3ccccc23)N(C)C)[C@@H](C(C)C)Oc2ccc(cc2)/C=C\NC1=O. The second kappa shape index (κ2) is 13.7. The fraction of sp³-hybridized carbons (Fsp3) is 0.424. The molecule has 2 bridgehead atoms. The molecule has 5 rings (SSSR count). The smallest absolute Gasteiger partial charge is 0.247 e. The second-order valence-corrected chi connectivity index (χ2v) is 11.6. The zero-order chi connectivity index (χ0) is 30.4.